The highest BCUT2D eigenvalue weighted by molar-refractivity contribution is 7.99. The lowest BCUT2D eigenvalue weighted by Gasteiger charge is -2.14. The Labute approximate surface area is 147 Å². The molecule has 1 saturated heterocycles. The minimum atomic E-state index is 0.0987. The van der Waals surface area contributed by atoms with E-state index < -0.39 is 0 Å². The zero-order valence-electron chi connectivity index (χ0n) is 12.2. The van der Waals surface area contributed by atoms with Crippen molar-refractivity contribution in [2.45, 2.75) is 18.0 Å². The maximum absolute atomic E-state index is 12.1. The second kappa shape index (κ2) is 6.98. The highest BCUT2D eigenvalue weighted by Gasteiger charge is 2.20. The zero-order valence-corrected chi connectivity index (χ0v) is 14.5. The van der Waals surface area contributed by atoms with Crippen LogP contribution in [-0.2, 0) is 4.79 Å². The predicted octanol–water partition coefficient (Wildman–Crippen LogP) is 2.68. The van der Waals surface area contributed by atoms with Gasteiger partial charge in [0, 0.05) is 23.7 Å². The number of rotatable bonds is 4. The monoisotopic (exact) mass is 371 g/mol. The van der Waals surface area contributed by atoms with Gasteiger partial charge in [-0.25, -0.2) is 4.68 Å². The number of likely N-dealkylation sites (tertiary alicyclic amines) is 1. The fourth-order valence-electron chi connectivity index (χ4n) is 2.41. The molecule has 3 rings (SSSR count). The maximum atomic E-state index is 12.1. The number of nitrogen functional groups attached to an aromatic ring is 1. The fraction of sp³-hybridized carbons (Fsp3) is 0.357. The topological polar surface area (TPSA) is 77.0 Å². The minimum absolute atomic E-state index is 0.0987. The van der Waals surface area contributed by atoms with Crippen molar-refractivity contribution in [3.8, 4) is 11.4 Å². The smallest absolute Gasteiger partial charge is 0.233 e. The molecule has 122 valence electrons. The molecule has 1 aromatic heterocycles. The van der Waals surface area contributed by atoms with Gasteiger partial charge in [-0.3, -0.25) is 4.79 Å². The molecule has 1 amide bonds. The van der Waals surface area contributed by atoms with Crippen LogP contribution in [0.5, 0.6) is 0 Å². The van der Waals surface area contributed by atoms with Crippen LogP contribution in [0.3, 0.4) is 0 Å². The van der Waals surface area contributed by atoms with Crippen LogP contribution in [-0.4, -0.2) is 44.5 Å². The van der Waals surface area contributed by atoms with E-state index in [2.05, 4.69) is 10.2 Å². The third-order valence-corrected chi connectivity index (χ3v) is 5.10. The molecule has 2 N–H and O–H groups in total. The summed E-state index contributed by atoms with van der Waals surface area (Å²) in [6.45, 7) is 1.67. The number of nitrogens with two attached hydrogens (primary N) is 1. The summed E-state index contributed by atoms with van der Waals surface area (Å²) in [6.07, 6.45) is 2.14. The van der Waals surface area contributed by atoms with Crippen molar-refractivity contribution in [2.75, 3.05) is 24.7 Å². The summed E-state index contributed by atoms with van der Waals surface area (Å²) in [5, 5.41) is 9.56. The van der Waals surface area contributed by atoms with Crippen LogP contribution in [0.4, 0.5) is 0 Å². The molecule has 0 bridgehead atoms. The van der Waals surface area contributed by atoms with Crippen molar-refractivity contribution in [3.63, 3.8) is 0 Å². The lowest BCUT2D eigenvalue weighted by molar-refractivity contribution is -0.127. The summed E-state index contributed by atoms with van der Waals surface area (Å²) in [5.74, 6) is 6.86. The fourth-order valence-corrected chi connectivity index (χ4v) is 3.67. The molecule has 1 fully saturated rings. The van der Waals surface area contributed by atoms with Crippen molar-refractivity contribution < 1.29 is 4.79 Å². The summed E-state index contributed by atoms with van der Waals surface area (Å²) in [6, 6.07) is 5.07. The van der Waals surface area contributed by atoms with E-state index in [1.807, 2.05) is 4.90 Å². The average Bonchev–Trinajstić information content (AvgIpc) is 3.16. The summed E-state index contributed by atoms with van der Waals surface area (Å²) in [5.41, 5.74) is 0.642. The molecular weight excluding hydrogens is 357 g/mol. The number of benzene rings is 1. The number of thioether (sulfide) groups is 1. The van der Waals surface area contributed by atoms with Gasteiger partial charge < -0.3 is 10.7 Å². The van der Waals surface area contributed by atoms with Gasteiger partial charge in [0.05, 0.1) is 10.8 Å². The first-order chi connectivity index (χ1) is 11.1. The quantitative estimate of drug-likeness (QED) is 0.660. The number of hydrogen-bond acceptors (Lipinski definition) is 5. The van der Waals surface area contributed by atoms with Gasteiger partial charge >= 0.3 is 0 Å². The number of aromatic nitrogens is 3. The molecule has 9 heteroatoms. The normalized spacial score (nSPS) is 14.4. The van der Waals surface area contributed by atoms with E-state index in [0.29, 0.717) is 32.3 Å². The molecule has 1 aromatic carbocycles. The van der Waals surface area contributed by atoms with Crippen LogP contribution in [0.2, 0.25) is 10.0 Å². The van der Waals surface area contributed by atoms with E-state index in [-0.39, 0.29) is 5.91 Å². The molecule has 1 aliphatic heterocycles. The van der Waals surface area contributed by atoms with Gasteiger partial charge in [0.25, 0.3) is 0 Å². The molecule has 2 aromatic rings. The molecule has 0 atom stereocenters. The molecular formula is C14H15Cl2N5OS. The predicted molar refractivity (Wildman–Crippen MR) is 92.2 cm³/mol. The van der Waals surface area contributed by atoms with E-state index in [1.165, 1.54) is 16.4 Å². The molecule has 0 spiro atoms. The van der Waals surface area contributed by atoms with Crippen LogP contribution in [0.15, 0.2) is 23.4 Å². The summed E-state index contributed by atoms with van der Waals surface area (Å²) in [4.78, 5) is 13.9. The second-order valence-corrected chi connectivity index (χ2v) is 6.96. The van der Waals surface area contributed by atoms with Crippen LogP contribution >= 0.6 is 35.0 Å². The lowest BCUT2D eigenvalue weighted by atomic mass is 10.2. The summed E-state index contributed by atoms with van der Waals surface area (Å²) in [7, 11) is 0. The van der Waals surface area contributed by atoms with Crippen LogP contribution < -0.4 is 5.84 Å². The standard InChI is InChI=1S/C14H15Cl2N5OS/c15-9-3-4-10(11(16)7-9)13-18-19-14(21(13)17)23-8-12(22)20-5-1-2-6-20/h3-4,7H,1-2,5-6,8,17H2. The van der Waals surface area contributed by atoms with Crippen LogP contribution in [0.1, 0.15) is 12.8 Å². The Morgan fingerprint density at radius 1 is 1.26 bits per heavy atom. The Morgan fingerprint density at radius 2 is 2.00 bits per heavy atom. The first kappa shape index (κ1) is 16.4. The minimum Gasteiger partial charge on any atom is -0.342 e. The zero-order chi connectivity index (χ0) is 16.4. The van der Waals surface area contributed by atoms with Gasteiger partial charge in [-0.2, -0.15) is 0 Å². The van der Waals surface area contributed by atoms with Gasteiger partial charge in [-0.15, -0.1) is 10.2 Å². The van der Waals surface area contributed by atoms with E-state index in [4.69, 9.17) is 29.0 Å². The number of amides is 1. The summed E-state index contributed by atoms with van der Waals surface area (Å²) < 4.78 is 1.34. The second-order valence-electron chi connectivity index (χ2n) is 5.18. The first-order valence-corrected chi connectivity index (χ1v) is 8.87. The molecule has 23 heavy (non-hydrogen) atoms. The van der Waals surface area contributed by atoms with Crippen molar-refractivity contribution >= 4 is 40.9 Å². The van der Waals surface area contributed by atoms with Gasteiger partial charge in [0.2, 0.25) is 11.1 Å². The maximum Gasteiger partial charge on any atom is 0.233 e. The number of nitrogens with zero attached hydrogens (tertiary/aromatic N) is 4. The molecule has 0 radical (unpaired) electrons. The van der Waals surface area contributed by atoms with Gasteiger partial charge in [-0.1, -0.05) is 35.0 Å². The third-order valence-electron chi connectivity index (χ3n) is 3.62. The third kappa shape index (κ3) is 3.57. The Kier molecular flexibility index (Phi) is 4.99. The van der Waals surface area contributed by atoms with Crippen molar-refractivity contribution in [2.24, 2.45) is 0 Å². The van der Waals surface area contributed by atoms with E-state index >= 15 is 0 Å². The van der Waals surface area contributed by atoms with E-state index in [9.17, 15) is 4.79 Å². The van der Waals surface area contributed by atoms with Crippen molar-refractivity contribution in [3.05, 3.63) is 28.2 Å². The first-order valence-electron chi connectivity index (χ1n) is 7.13. The van der Waals surface area contributed by atoms with Crippen LogP contribution in [0.25, 0.3) is 11.4 Å². The van der Waals surface area contributed by atoms with Crippen molar-refractivity contribution in [1.29, 1.82) is 0 Å². The molecule has 0 unspecified atom stereocenters. The van der Waals surface area contributed by atoms with Gasteiger partial charge in [0.15, 0.2) is 5.82 Å². The Morgan fingerprint density at radius 3 is 2.70 bits per heavy atom. The average molecular weight is 372 g/mol. The Bertz CT molecular complexity index is 730. The number of hydrogen-bond donors (Lipinski definition) is 1. The molecule has 0 aliphatic carbocycles. The Hall–Kier alpha value is -1.44. The summed E-state index contributed by atoms with van der Waals surface area (Å²) >= 11 is 13.3. The van der Waals surface area contributed by atoms with Crippen molar-refractivity contribution in [1.82, 2.24) is 19.8 Å². The van der Waals surface area contributed by atoms with E-state index in [1.54, 1.807) is 18.2 Å². The number of carbonyl (C=O) groups excluding carboxylic acids is 1. The van der Waals surface area contributed by atoms with Gasteiger partial charge in [0.1, 0.15) is 0 Å². The van der Waals surface area contributed by atoms with Gasteiger partial charge in [-0.05, 0) is 31.0 Å². The van der Waals surface area contributed by atoms with E-state index in [0.717, 1.165) is 25.9 Å². The SMILES string of the molecule is Nn1c(SCC(=O)N2CCCC2)nnc1-c1ccc(Cl)cc1Cl. The largest absolute Gasteiger partial charge is 0.342 e. The Balaban J connectivity index is 1.73. The molecule has 1 aliphatic rings. The lowest BCUT2D eigenvalue weighted by Crippen LogP contribution is -2.29. The number of halogens is 2. The highest BCUT2D eigenvalue weighted by atomic mass is 35.5. The highest BCUT2D eigenvalue weighted by Crippen LogP contribution is 2.30. The molecule has 0 saturated carbocycles. The number of carbonyl (C=O) groups is 1. The molecule has 2 heterocycles. The van der Waals surface area contributed by atoms with Crippen LogP contribution in [0, 0.1) is 0 Å². The molecule has 6 nitrogen and oxygen atoms in total.